The van der Waals surface area contributed by atoms with Crippen molar-refractivity contribution in [2.45, 2.75) is 38.3 Å². The number of tetrazole rings is 1. The van der Waals surface area contributed by atoms with Crippen molar-refractivity contribution in [2.75, 3.05) is 7.11 Å². The van der Waals surface area contributed by atoms with Crippen LogP contribution in [-0.4, -0.2) is 35.7 Å². The number of hydrogen-bond donors (Lipinski definition) is 1. The highest BCUT2D eigenvalue weighted by atomic mass is 32.2. The molecule has 2 rings (SSSR count). The van der Waals surface area contributed by atoms with Gasteiger partial charge in [0.15, 0.2) is 5.82 Å². The molecule has 0 aliphatic carbocycles. The molecule has 0 saturated heterocycles. The van der Waals surface area contributed by atoms with Gasteiger partial charge in [0, 0.05) is 0 Å². The lowest BCUT2D eigenvalue weighted by Crippen LogP contribution is -2.26. The van der Waals surface area contributed by atoms with Gasteiger partial charge in [-0.05, 0) is 48.9 Å². The minimum Gasteiger partial charge on any atom is -0.495 e. The van der Waals surface area contributed by atoms with Gasteiger partial charge in [-0.2, -0.15) is 0 Å². The van der Waals surface area contributed by atoms with Crippen LogP contribution in [0.5, 0.6) is 5.75 Å². The minimum absolute atomic E-state index is 0.00457. The smallest absolute Gasteiger partial charge is 0.244 e. The van der Waals surface area contributed by atoms with E-state index in [1.807, 2.05) is 20.8 Å². The predicted molar refractivity (Wildman–Crippen MR) is 80.0 cm³/mol. The second-order valence-corrected chi connectivity index (χ2v) is 6.85. The number of hydrogen-bond acceptors (Lipinski definition) is 6. The fourth-order valence-corrected chi connectivity index (χ4v) is 3.19. The largest absolute Gasteiger partial charge is 0.495 e. The molecule has 0 aliphatic rings. The molecule has 0 aliphatic heterocycles. The molecule has 0 unspecified atom stereocenters. The van der Waals surface area contributed by atoms with Crippen LogP contribution in [0.15, 0.2) is 23.1 Å². The maximum Gasteiger partial charge on any atom is 0.244 e. The van der Waals surface area contributed by atoms with Gasteiger partial charge in [-0.25, -0.2) is 17.8 Å². The first-order valence-electron chi connectivity index (χ1n) is 6.76. The van der Waals surface area contributed by atoms with Gasteiger partial charge < -0.3 is 4.74 Å². The summed E-state index contributed by atoms with van der Waals surface area (Å²) in [5.74, 6) is 0.742. The summed E-state index contributed by atoms with van der Waals surface area (Å²) in [7, 11) is -2.29. The van der Waals surface area contributed by atoms with Crippen LogP contribution in [-0.2, 0) is 16.6 Å². The highest BCUT2D eigenvalue weighted by Crippen LogP contribution is 2.24. The SMILES string of the molecule is COc1ccc(C)cc1S(=O)(=O)NCc1nnnn1C(C)C. The van der Waals surface area contributed by atoms with Gasteiger partial charge in [-0.15, -0.1) is 5.10 Å². The van der Waals surface area contributed by atoms with Gasteiger partial charge in [-0.3, -0.25) is 0 Å². The average Bonchev–Trinajstić information content (AvgIpc) is 2.94. The maximum atomic E-state index is 12.5. The summed E-state index contributed by atoms with van der Waals surface area (Å²) in [6, 6.07) is 5.02. The molecule has 0 saturated carbocycles. The highest BCUT2D eigenvalue weighted by molar-refractivity contribution is 7.89. The van der Waals surface area contributed by atoms with Crippen molar-refractivity contribution >= 4 is 10.0 Å². The van der Waals surface area contributed by atoms with Gasteiger partial charge in [0.1, 0.15) is 10.6 Å². The number of sulfonamides is 1. The normalized spacial score (nSPS) is 11.9. The summed E-state index contributed by atoms with van der Waals surface area (Å²) in [6.45, 7) is 5.65. The first kappa shape index (κ1) is 16.4. The van der Waals surface area contributed by atoms with E-state index in [1.165, 1.54) is 7.11 Å². The molecular formula is C13H19N5O3S. The van der Waals surface area contributed by atoms with E-state index >= 15 is 0 Å². The summed E-state index contributed by atoms with van der Waals surface area (Å²) in [4.78, 5) is 0.0959. The molecule has 1 aromatic heterocycles. The van der Waals surface area contributed by atoms with Crippen LogP contribution >= 0.6 is 0 Å². The molecule has 0 spiro atoms. The van der Waals surface area contributed by atoms with Crippen LogP contribution in [0.25, 0.3) is 0 Å². The Kier molecular flexibility index (Phi) is 4.77. The third-order valence-corrected chi connectivity index (χ3v) is 4.50. The van der Waals surface area contributed by atoms with E-state index in [0.717, 1.165) is 5.56 Å². The Labute approximate surface area is 129 Å². The Bertz CT molecular complexity index is 755. The lowest BCUT2D eigenvalue weighted by Gasteiger charge is -2.12. The molecule has 120 valence electrons. The Morgan fingerprint density at radius 3 is 2.73 bits per heavy atom. The summed E-state index contributed by atoms with van der Waals surface area (Å²) in [5.41, 5.74) is 0.827. The minimum atomic E-state index is -3.73. The number of methoxy groups -OCH3 is 1. The molecule has 8 nitrogen and oxygen atoms in total. The molecular weight excluding hydrogens is 306 g/mol. The second-order valence-electron chi connectivity index (χ2n) is 5.11. The van der Waals surface area contributed by atoms with Crippen molar-refractivity contribution in [1.29, 1.82) is 0 Å². The van der Waals surface area contributed by atoms with Crippen LogP contribution < -0.4 is 9.46 Å². The van der Waals surface area contributed by atoms with Gasteiger partial charge in [0.2, 0.25) is 10.0 Å². The van der Waals surface area contributed by atoms with Gasteiger partial charge in [0.05, 0.1) is 19.7 Å². The molecule has 0 radical (unpaired) electrons. The Morgan fingerprint density at radius 1 is 1.36 bits per heavy atom. The fraction of sp³-hybridized carbons (Fsp3) is 0.462. The second kappa shape index (κ2) is 6.41. The van der Waals surface area contributed by atoms with Gasteiger partial charge >= 0.3 is 0 Å². The molecule has 9 heteroatoms. The van der Waals surface area contributed by atoms with E-state index in [4.69, 9.17) is 4.74 Å². The van der Waals surface area contributed by atoms with Crippen molar-refractivity contribution in [3.05, 3.63) is 29.6 Å². The molecule has 2 aromatic rings. The molecule has 0 atom stereocenters. The first-order chi connectivity index (χ1) is 10.3. The van der Waals surface area contributed by atoms with Crippen molar-refractivity contribution < 1.29 is 13.2 Å². The van der Waals surface area contributed by atoms with E-state index in [0.29, 0.717) is 11.6 Å². The number of aromatic nitrogens is 4. The Morgan fingerprint density at radius 2 is 2.09 bits per heavy atom. The van der Waals surface area contributed by atoms with Crippen molar-refractivity contribution in [3.63, 3.8) is 0 Å². The average molecular weight is 325 g/mol. The maximum absolute atomic E-state index is 12.5. The third-order valence-electron chi connectivity index (χ3n) is 3.08. The zero-order chi connectivity index (χ0) is 16.3. The van der Waals surface area contributed by atoms with Gasteiger partial charge in [-0.1, -0.05) is 6.07 Å². The van der Waals surface area contributed by atoms with Gasteiger partial charge in [0.25, 0.3) is 0 Å². The predicted octanol–water partition coefficient (Wildman–Crippen LogP) is 1.05. The van der Waals surface area contributed by atoms with Crippen LogP contribution in [0.3, 0.4) is 0 Å². The lowest BCUT2D eigenvalue weighted by atomic mass is 10.2. The van der Waals surface area contributed by atoms with Crippen LogP contribution in [0.1, 0.15) is 31.3 Å². The summed E-state index contributed by atoms with van der Waals surface area (Å²) in [6.07, 6.45) is 0. The van der Waals surface area contributed by atoms with E-state index in [1.54, 1.807) is 22.9 Å². The zero-order valence-electron chi connectivity index (χ0n) is 12.9. The summed E-state index contributed by atoms with van der Waals surface area (Å²) < 4.78 is 34.1. The van der Waals surface area contributed by atoms with Crippen LogP contribution in [0.4, 0.5) is 0 Å². The van der Waals surface area contributed by atoms with E-state index < -0.39 is 10.0 Å². The summed E-state index contributed by atoms with van der Waals surface area (Å²) in [5, 5.41) is 11.2. The summed E-state index contributed by atoms with van der Waals surface area (Å²) >= 11 is 0. The number of rotatable bonds is 6. The number of aryl methyl sites for hydroxylation is 1. The molecule has 1 aromatic carbocycles. The quantitative estimate of drug-likeness (QED) is 0.852. The topological polar surface area (TPSA) is 99.0 Å². The number of benzene rings is 1. The van der Waals surface area contributed by atoms with Crippen LogP contribution in [0, 0.1) is 6.92 Å². The Hall–Kier alpha value is -2.00. The molecule has 0 amide bonds. The molecule has 0 bridgehead atoms. The number of nitrogens with zero attached hydrogens (tertiary/aromatic N) is 4. The van der Waals surface area contributed by atoms with E-state index in [-0.39, 0.29) is 17.5 Å². The molecule has 1 heterocycles. The third kappa shape index (κ3) is 3.42. The Balaban J connectivity index is 2.25. The number of nitrogens with one attached hydrogen (secondary N) is 1. The molecule has 1 N–H and O–H groups in total. The molecule has 22 heavy (non-hydrogen) atoms. The van der Waals surface area contributed by atoms with Crippen molar-refractivity contribution in [2.24, 2.45) is 0 Å². The van der Waals surface area contributed by atoms with Crippen LogP contribution in [0.2, 0.25) is 0 Å². The monoisotopic (exact) mass is 325 g/mol. The van der Waals surface area contributed by atoms with Crippen molar-refractivity contribution in [1.82, 2.24) is 24.9 Å². The number of ether oxygens (including phenoxy) is 1. The fourth-order valence-electron chi connectivity index (χ4n) is 1.96. The standard InChI is InChI=1S/C13H19N5O3S/c1-9(2)18-13(15-16-17-18)8-14-22(19,20)12-7-10(3)5-6-11(12)21-4/h5-7,9,14H,8H2,1-4H3. The highest BCUT2D eigenvalue weighted by Gasteiger charge is 2.21. The lowest BCUT2D eigenvalue weighted by molar-refractivity contribution is 0.402. The molecule has 0 fully saturated rings. The first-order valence-corrected chi connectivity index (χ1v) is 8.24. The van der Waals surface area contributed by atoms with E-state index in [2.05, 4.69) is 20.2 Å². The van der Waals surface area contributed by atoms with E-state index in [9.17, 15) is 8.42 Å². The van der Waals surface area contributed by atoms with Crippen molar-refractivity contribution in [3.8, 4) is 5.75 Å². The zero-order valence-corrected chi connectivity index (χ0v) is 13.8.